The van der Waals surface area contributed by atoms with Crippen molar-refractivity contribution in [3.63, 3.8) is 0 Å². The summed E-state index contributed by atoms with van der Waals surface area (Å²) in [6.07, 6.45) is 1.60. The van der Waals surface area contributed by atoms with Gasteiger partial charge in [0, 0.05) is 0 Å². The number of thioether (sulfide) groups is 1. The maximum absolute atomic E-state index is 13.4. The van der Waals surface area contributed by atoms with Crippen LogP contribution in [0.3, 0.4) is 0 Å². The third kappa shape index (κ3) is 5.48. The molecule has 1 aliphatic heterocycles. The Kier molecular flexibility index (Phi) is 7.33. The number of carbonyl (C=O) groups is 2. The average Bonchev–Trinajstić information content (AvgIpc) is 3.06. The van der Waals surface area contributed by atoms with Crippen molar-refractivity contribution in [1.82, 2.24) is 4.90 Å². The molecule has 0 aliphatic carbocycles. The highest BCUT2D eigenvalue weighted by Crippen LogP contribution is 2.39. The van der Waals surface area contributed by atoms with Crippen molar-refractivity contribution in [2.45, 2.75) is 13.2 Å². The monoisotopic (exact) mass is 545 g/mol. The van der Waals surface area contributed by atoms with Gasteiger partial charge in [0.2, 0.25) is 0 Å². The molecule has 0 atom stereocenters. The minimum atomic E-state index is -0.430. The normalized spacial score (nSPS) is 14.7. The van der Waals surface area contributed by atoms with Gasteiger partial charge in [0.15, 0.2) is 11.5 Å². The summed E-state index contributed by atoms with van der Waals surface area (Å²) in [5, 5.41) is -0.401. The molecule has 1 aliphatic rings. The lowest BCUT2D eigenvalue weighted by Crippen LogP contribution is -2.27. The van der Waals surface area contributed by atoms with Gasteiger partial charge in [-0.05, 0) is 86.9 Å². The van der Waals surface area contributed by atoms with E-state index in [-0.39, 0.29) is 29.7 Å². The van der Waals surface area contributed by atoms with Crippen LogP contribution in [0.5, 0.6) is 11.5 Å². The van der Waals surface area contributed by atoms with Crippen LogP contribution < -0.4 is 9.47 Å². The molecule has 4 rings (SSSR count). The largest absolute Gasteiger partial charge is 0.493 e. The van der Waals surface area contributed by atoms with Gasteiger partial charge in [-0.1, -0.05) is 24.3 Å². The van der Waals surface area contributed by atoms with Crippen molar-refractivity contribution < 1.29 is 27.8 Å². The van der Waals surface area contributed by atoms with E-state index in [1.54, 1.807) is 30.3 Å². The smallest absolute Gasteiger partial charge is 0.293 e. The Hall–Kier alpha value is -3.17. The van der Waals surface area contributed by atoms with Crippen molar-refractivity contribution in [2.24, 2.45) is 0 Å². The number of nitrogens with zero attached hydrogens (tertiary/aromatic N) is 1. The maximum atomic E-state index is 13.4. The number of hydrogen-bond acceptors (Lipinski definition) is 5. The Morgan fingerprint density at radius 1 is 1.00 bits per heavy atom. The second-order valence-corrected chi connectivity index (χ2v) is 9.19. The first-order valence-corrected chi connectivity index (χ1v) is 11.7. The molecule has 0 unspecified atom stereocenters. The lowest BCUT2D eigenvalue weighted by Gasteiger charge is -2.14. The van der Waals surface area contributed by atoms with Crippen LogP contribution in [0.15, 0.2) is 70.0 Å². The first kappa shape index (κ1) is 24.0. The Bertz CT molecular complexity index is 1280. The SMILES string of the molecule is COc1cc(/C=C2/SC(=O)N(Cc3ccc(F)cc3)C2=O)cc(Br)c1OCc1cccc(F)c1. The van der Waals surface area contributed by atoms with Gasteiger partial charge in [-0.3, -0.25) is 14.5 Å². The standard InChI is InChI=1S/C25H18BrF2NO4S/c1-32-21-11-17(10-20(26)23(21)33-14-16-3-2-4-19(28)9-16)12-22-24(30)29(25(31)34-22)13-15-5-7-18(27)8-6-15/h2-12H,13-14H2,1H3/b22-12+. The van der Waals surface area contributed by atoms with Gasteiger partial charge < -0.3 is 9.47 Å². The van der Waals surface area contributed by atoms with E-state index in [0.29, 0.717) is 32.7 Å². The third-order valence-electron chi connectivity index (χ3n) is 4.95. The van der Waals surface area contributed by atoms with Crippen LogP contribution in [0.25, 0.3) is 6.08 Å². The summed E-state index contributed by atoms with van der Waals surface area (Å²) in [6, 6.07) is 15.1. The molecular weight excluding hydrogens is 528 g/mol. The van der Waals surface area contributed by atoms with Crippen LogP contribution in [0, 0.1) is 11.6 Å². The van der Waals surface area contributed by atoms with Crippen LogP contribution in [-0.2, 0) is 17.9 Å². The van der Waals surface area contributed by atoms with E-state index in [0.717, 1.165) is 16.7 Å². The summed E-state index contributed by atoms with van der Waals surface area (Å²) in [4.78, 5) is 26.6. The number of methoxy groups -OCH3 is 1. The number of ether oxygens (including phenoxy) is 2. The van der Waals surface area contributed by atoms with E-state index in [2.05, 4.69) is 15.9 Å². The molecule has 34 heavy (non-hydrogen) atoms. The summed E-state index contributed by atoms with van der Waals surface area (Å²) in [5.74, 6) is -0.340. The van der Waals surface area contributed by atoms with Gasteiger partial charge in [-0.2, -0.15) is 0 Å². The maximum Gasteiger partial charge on any atom is 0.293 e. The quantitative estimate of drug-likeness (QED) is 0.315. The van der Waals surface area contributed by atoms with Gasteiger partial charge >= 0.3 is 0 Å². The number of rotatable bonds is 7. The number of imide groups is 1. The van der Waals surface area contributed by atoms with Crippen molar-refractivity contribution in [3.05, 3.63) is 98.4 Å². The lowest BCUT2D eigenvalue weighted by atomic mass is 10.1. The second-order valence-electron chi connectivity index (χ2n) is 7.35. The Morgan fingerprint density at radius 3 is 2.47 bits per heavy atom. The Balaban J connectivity index is 1.53. The van der Waals surface area contributed by atoms with Crippen molar-refractivity contribution in [3.8, 4) is 11.5 Å². The molecule has 0 N–H and O–H groups in total. The molecule has 1 fully saturated rings. The number of hydrogen-bond donors (Lipinski definition) is 0. The first-order chi connectivity index (χ1) is 16.3. The van der Waals surface area contributed by atoms with E-state index in [1.165, 1.54) is 43.5 Å². The molecular formula is C25H18BrF2NO4S. The summed E-state index contributed by atoms with van der Waals surface area (Å²) in [5.41, 5.74) is 1.93. The Labute approximate surface area is 207 Å². The fourth-order valence-electron chi connectivity index (χ4n) is 3.31. The molecule has 9 heteroatoms. The molecule has 2 amide bonds. The fraction of sp³-hybridized carbons (Fsp3) is 0.120. The van der Waals surface area contributed by atoms with Gasteiger partial charge in [0.1, 0.15) is 18.2 Å². The molecule has 0 radical (unpaired) electrons. The zero-order valence-corrected chi connectivity index (χ0v) is 20.3. The minimum absolute atomic E-state index is 0.0577. The van der Waals surface area contributed by atoms with Crippen molar-refractivity contribution >= 4 is 44.9 Å². The predicted molar refractivity (Wildman–Crippen MR) is 129 cm³/mol. The van der Waals surface area contributed by atoms with E-state index < -0.39 is 11.1 Å². The molecule has 0 bridgehead atoms. The molecule has 1 heterocycles. The Morgan fingerprint density at radius 2 is 1.76 bits per heavy atom. The number of carbonyl (C=O) groups excluding carboxylic acids is 2. The molecule has 3 aromatic carbocycles. The fourth-order valence-corrected chi connectivity index (χ4v) is 4.72. The van der Waals surface area contributed by atoms with E-state index in [1.807, 2.05) is 0 Å². The van der Waals surface area contributed by atoms with Gasteiger partial charge in [-0.15, -0.1) is 0 Å². The topological polar surface area (TPSA) is 55.8 Å². The van der Waals surface area contributed by atoms with Crippen molar-refractivity contribution in [2.75, 3.05) is 7.11 Å². The molecule has 3 aromatic rings. The van der Waals surface area contributed by atoms with Crippen LogP contribution in [-0.4, -0.2) is 23.2 Å². The van der Waals surface area contributed by atoms with Crippen LogP contribution in [0.2, 0.25) is 0 Å². The summed E-state index contributed by atoms with van der Waals surface area (Å²) >= 11 is 4.29. The zero-order valence-electron chi connectivity index (χ0n) is 17.9. The van der Waals surface area contributed by atoms with Crippen LogP contribution in [0.1, 0.15) is 16.7 Å². The average molecular weight is 546 g/mol. The summed E-state index contributed by atoms with van der Waals surface area (Å²) in [6.45, 7) is 0.191. The second kappa shape index (κ2) is 10.4. The first-order valence-electron chi connectivity index (χ1n) is 10.1. The third-order valence-corrected chi connectivity index (χ3v) is 6.45. The zero-order chi connectivity index (χ0) is 24.2. The highest BCUT2D eigenvalue weighted by Gasteiger charge is 2.35. The molecule has 5 nitrogen and oxygen atoms in total. The molecule has 0 spiro atoms. The van der Waals surface area contributed by atoms with Gasteiger partial charge in [0.25, 0.3) is 11.1 Å². The number of halogens is 3. The number of amides is 2. The molecule has 174 valence electrons. The van der Waals surface area contributed by atoms with Gasteiger partial charge in [0.05, 0.1) is 23.0 Å². The predicted octanol–water partition coefficient (Wildman–Crippen LogP) is 6.55. The minimum Gasteiger partial charge on any atom is -0.493 e. The van der Waals surface area contributed by atoms with Crippen LogP contribution in [0.4, 0.5) is 13.6 Å². The highest BCUT2D eigenvalue weighted by molar-refractivity contribution is 9.10. The highest BCUT2D eigenvalue weighted by atomic mass is 79.9. The van der Waals surface area contributed by atoms with Crippen LogP contribution >= 0.6 is 27.7 Å². The number of benzene rings is 3. The molecule has 0 aromatic heterocycles. The molecule has 1 saturated heterocycles. The van der Waals surface area contributed by atoms with Gasteiger partial charge in [-0.25, -0.2) is 8.78 Å². The van der Waals surface area contributed by atoms with E-state index in [9.17, 15) is 18.4 Å². The summed E-state index contributed by atoms with van der Waals surface area (Å²) in [7, 11) is 1.48. The summed E-state index contributed by atoms with van der Waals surface area (Å²) < 4.78 is 38.4. The molecule has 0 saturated carbocycles. The van der Waals surface area contributed by atoms with E-state index >= 15 is 0 Å². The van der Waals surface area contributed by atoms with Crippen molar-refractivity contribution in [1.29, 1.82) is 0 Å². The van der Waals surface area contributed by atoms with E-state index in [4.69, 9.17) is 9.47 Å². The lowest BCUT2D eigenvalue weighted by molar-refractivity contribution is -0.123.